The molecule has 0 amide bonds. The van der Waals surface area contributed by atoms with Crippen molar-refractivity contribution in [1.82, 2.24) is 9.80 Å². The zero-order valence-electron chi connectivity index (χ0n) is 14.6. The summed E-state index contributed by atoms with van der Waals surface area (Å²) >= 11 is 18.1. The van der Waals surface area contributed by atoms with Crippen LogP contribution in [0.5, 0.6) is 11.5 Å². The Hall–Kier alpha value is -1.73. The normalized spacial score (nSPS) is 16.4. The highest BCUT2D eigenvalue weighted by molar-refractivity contribution is 7.80. The van der Waals surface area contributed by atoms with Crippen LogP contribution >= 0.6 is 35.4 Å². The maximum absolute atomic E-state index is 6.29. The van der Waals surface area contributed by atoms with Crippen molar-refractivity contribution in [1.29, 1.82) is 0 Å². The number of piperazine rings is 1. The van der Waals surface area contributed by atoms with Crippen LogP contribution in [0, 0.1) is 0 Å². The Morgan fingerprint density at radius 3 is 2.44 bits per heavy atom. The van der Waals surface area contributed by atoms with Gasteiger partial charge < -0.3 is 19.7 Å². The molecule has 8 heteroatoms. The molecule has 0 saturated carbocycles. The summed E-state index contributed by atoms with van der Waals surface area (Å²) in [4.78, 5) is 4.51. The van der Waals surface area contributed by atoms with Gasteiger partial charge in [-0.25, -0.2) is 0 Å². The predicted molar refractivity (Wildman–Crippen MR) is 112 cm³/mol. The fourth-order valence-electron chi connectivity index (χ4n) is 3.19. The molecule has 2 aliphatic rings. The van der Waals surface area contributed by atoms with Crippen molar-refractivity contribution in [3.63, 3.8) is 0 Å². The Balaban J connectivity index is 1.32. The van der Waals surface area contributed by atoms with Crippen LogP contribution in [-0.4, -0.2) is 47.9 Å². The number of benzene rings is 2. The van der Waals surface area contributed by atoms with Crippen LogP contribution in [0.1, 0.15) is 5.56 Å². The molecule has 27 heavy (non-hydrogen) atoms. The molecular weight excluding hydrogens is 405 g/mol. The van der Waals surface area contributed by atoms with Crippen molar-refractivity contribution in [3.8, 4) is 11.5 Å². The molecule has 2 aliphatic heterocycles. The van der Waals surface area contributed by atoms with Crippen LogP contribution in [0.4, 0.5) is 5.69 Å². The van der Waals surface area contributed by atoms with Gasteiger partial charge in [-0.3, -0.25) is 4.90 Å². The minimum atomic E-state index is 0.265. The molecule has 2 aromatic rings. The summed E-state index contributed by atoms with van der Waals surface area (Å²) in [5, 5.41) is 5.42. The van der Waals surface area contributed by atoms with Gasteiger partial charge in [0.15, 0.2) is 16.6 Å². The third-order valence-corrected chi connectivity index (χ3v) is 5.80. The van der Waals surface area contributed by atoms with Gasteiger partial charge in [-0.2, -0.15) is 0 Å². The number of halogens is 2. The molecule has 2 aromatic carbocycles. The van der Waals surface area contributed by atoms with E-state index in [9.17, 15) is 0 Å². The molecular formula is C19H19Cl2N3O2S. The number of fused-ring (bicyclic) bond motifs is 1. The molecule has 1 saturated heterocycles. The molecule has 4 rings (SSSR count). The van der Waals surface area contributed by atoms with E-state index in [2.05, 4.69) is 15.1 Å². The van der Waals surface area contributed by atoms with E-state index in [1.165, 1.54) is 0 Å². The molecule has 0 aromatic heterocycles. The van der Waals surface area contributed by atoms with Gasteiger partial charge in [-0.1, -0.05) is 29.3 Å². The number of anilines is 1. The molecule has 1 N–H and O–H groups in total. The molecule has 2 heterocycles. The van der Waals surface area contributed by atoms with E-state index >= 15 is 0 Å². The van der Waals surface area contributed by atoms with Crippen LogP contribution in [0.25, 0.3) is 0 Å². The Morgan fingerprint density at radius 2 is 1.70 bits per heavy atom. The maximum Gasteiger partial charge on any atom is 0.231 e. The number of hydrogen-bond acceptors (Lipinski definition) is 4. The molecule has 0 aliphatic carbocycles. The van der Waals surface area contributed by atoms with Crippen LogP contribution in [-0.2, 0) is 6.54 Å². The first-order valence-electron chi connectivity index (χ1n) is 8.71. The first-order valence-corrected chi connectivity index (χ1v) is 9.87. The van der Waals surface area contributed by atoms with Crippen LogP contribution in [0.3, 0.4) is 0 Å². The average molecular weight is 424 g/mol. The van der Waals surface area contributed by atoms with Crippen molar-refractivity contribution in [2.24, 2.45) is 0 Å². The Kier molecular flexibility index (Phi) is 5.59. The second-order valence-electron chi connectivity index (χ2n) is 6.46. The Morgan fingerprint density at radius 1 is 1.00 bits per heavy atom. The SMILES string of the molecule is S=C(Nc1ccc2c(c1)OCO2)N1CCN(Cc2c(Cl)cccc2Cl)CC1. The lowest BCUT2D eigenvalue weighted by Crippen LogP contribution is -2.49. The van der Waals surface area contributed by atoms with Gasteiger partial charge in [0.05, 0.1) is 0 Å². The van der Waals surface area contributed by atoms with E-state index in [-0.39, 0.29) is 6.79 Å². The van der Waals surface area contributed by atoms with Crippen LogP contribution in [0.15, 0.2) is 36.4 Å². The van der Waals surface area contributed by atoms with Gasteiger partial charge in [-0.15, -0.1) is 0 Å². The monoisotopic (exact) mass is 423 g/mol. The van der Waals surface area contributed by atoms with Crippen molar-refractivity contribution in [2.75, 3.05) is 38.3 Å². The second-order valence-corrected chi connectivity index (χ2v) is 7.66. The Labute approximate surface area is 173 Å². The van der Waals surface area contributed by atoms with E-state index in [0.717, 1.165) is 55.5 Å². The minimum Gasteiger partial charge on any atom is -0.454 e. The van der Waals surface area contributed by atoms with Gasteiger partial charge in [0.25, 0.3) is 0 Å². The standard InChI is InChI=1S/C19H19Cl2N3O2S/c20-15-2-1-3-16(21)14(15)11-23-6-8-24(9-7-23)19(27)22-13-4-5-17-18(10-13)26-12-25-17/h1-5,10H,6-9,11-12H2,(H,22,27). The summed E-state index contributed by atoms with van der Waals surface area (Å²) in [5.41, 5.74) is 1.88. The fourth-order valence-corrected chi connectivity index (χ4v) is 4.01. The van der Waals surface area contributed by atoms with Crippen LogP contribution < -0.4 is 14.8 Å². The van der Waals surface area contributed by atoms with E-state index in [4.69, 9.17) is 44.9 Å². The molecule has 0 bridgehead atoms. The smallest absolute Gasteiger partial charge is 0.231 e. The summed E-state index contributed by atoms with van der Waals surface area (Å²) < 4.78 is 10.7. The van der Waals surface area contributed by atoms with Gasteiger partial charge >= 0.3 is 0 Å². The van der Waals surface area contributed by atoms with Gasteiger partial charge in [-0.05, 0) is 36.5 Å². The largest absolute Gasteiger partial charge is 0.454 e. The summed E-state index contributed by atoms with van der Waals surface area (Å²) in [7, 11) is 0. The van der Waals surface area contributed by atoms with Crippen LogP contribution in [0.2, 0.25) is 10.0 Å². The zero-order chi connectivity index (χ0) is 18.8. The van der Waals surface area contributed by atoms with E-state index in [1.807, 2.05) is 36.4 Å². The second kappa shape index (κ2) is 8.10. The number of thiocarbonyl (C=S) groups is 1. The number of nitrogens with zero attached hydrogens (tertiary/aromatic N) is 2. The first kappa shape index (κ1) is 18.6. The van der Waals surface area contributed by atoms with Crippen molar-refractivity contribution >= 4 is 46.2 Å². The molecule has 0 atom stereocenters. The fraction of sp³-hybridized carbons (Fsp3) is 0.316. The summed E-state index contributed by atoms with van der Waals surface area (Å²) in [6.45, 7) is 4.49. The summed E-state index contributed by atoms with van der Waals surface area (Å²) in [6, 6.07) is 11.4. The third-order valence-electron chi connectivity index (χ3n) is 4.73. The number of rotatable bonds is 3. The summed E-state index contributed by atoms with van der Waals surface area (Å²) in [6.07, 6.45) is 0. The van der Waals surface area contributed by atoms with E-state index in [0.29, 0.717) is 15.2 Å². The minimum absolute atomic E-state index is 0.265. The number of nitrogens with one attached hydrogen (secondary N) is 1. The highest BCUT2D eigenvalue weighted by atomic mass is 35.5. The molecule has 0 radical (unpaired) electrons. The Bertz CT molecular complexity index is 837. The van der Waals surface area contributed by atoms with E-state index < -0.39 is 0 Å². The number of hydrogen-bond donors (Lipinski definition) is 1. The third kappa shape index (κ3) is 4.24. The molecule has 0 unspecified atom stereocenters. The van der Waals surface area contributed by atoms with E-state index in [1.54, 1.807) is 0 Å². The topological polar surface area (TPSA) is 37.0 Å². The predicted octanol–water partition coefficient (Wildman–Crippen LogP) is 4.24. The highest BCUT2D eigenvalue weighted by Crippen LogP contribution is 2.34. The zero-order valence-corrected chi connectivity index (χ0v) is 16.9. The highest BCUT2D eigenvalue weighted by Gasteiger charge is 2.21. The van der Waals surface area contributed by atoms with Gasteiger partial charge in [0.1, 0.15) is 0 Å². The average Bonchev–Trinajstić information content (AvgIpc) is 3.13. The molecule has 5 nitrogen and oxygen atoms in total. The van der Waals surface area contributed by atoms with Crippen molar-refractivity contribution < 1.29 is 9.47 Å². The van der Waals surface area contributed by atoms with Gasteiger partial charge in [0.2, 0.25) is 6.79 Å². The lowest BCUT2D eigenvalue weighted by Gasteiger charge is -2.36. The quantitative estimate of drug-likeness (QED) is 0.744. The molecule has 1 fully saturated rings. The first-order chi connectivity index (χ1) is 13.1. The molecule has 0 spiro atoms. The molecule has 142 valence electrons. The van der Waals surface area contributed by atoms with Gasteiger partial charge in [0, 0.05) is 60.1 Å². The van der Waals surface area contributed by atoms with Crippen molar-refractivity contribution in [3.05, 3.63) is 52.0 Å². The lowest BCUT2D eigenvalue weighted by molar-refractivity contribution is 0.174. The van der Waals surface area contributed by atoms with Crippen molar-refractivity contribution in [2.45, 2.75) is 6.54 Å². The number of ether oxygens (including phenoxy) is 2. The lowest BCUT2D eigenvalue weighted by atomic mass is 10.2. The summed E-state index contributed by atoms with van der Waals surface area (Å²) in [5.74, 6) is 1.50. The maximum atomic E-state index is 6.29.